The topological polar surface area (TPSA) is 53.1 Å². The lowest BCUT2D eigenvalue weighted by atomic mass is 10.1. The van der Waals surface area contributed by atoms with Gasteiger partial charge in [-0.2, -0.15) is 0 Å². The van der Waals surface area contributed by atoms with Crippen LogP contribution in [0.15, 0.2) is 18.2 Å². The summed E-state index contributed by atoms with van der Waals surface area (Å²) in [6, 6.07) is 5.61. The predicted octanol–water partition coefficient (Wildman–Crippen LogP) is 3.49. The quantitative estimate of drug-likeness (QED) is 0.594. The Morgan fingerprint density at radius 3 is 2.58 bits per heavy atom. The number of nitrogen functional groups attached to an aromatic ring is 1. The van der Waals surface area contributed by atoms with Gasteiger partial charge in [0.25, 0.3) is 0 Å². The molecule has 3 nitrogen and oxygen atoms in total. The zero-order valence-electron chi connectivity index (χ0n) is 12.0. The van der Waals surface area contributed by atoms with E-state index in [0.29, 0.717) is 16.5 Å². The first kappa shape index (κ1) is 16.0. The summed E-state index contributed by atoms with van der Waals surface area (Å²) in [5.41, 5.74) is 7.23. The Labute approximate surface area is 121 Å². The second kappa shape index (κ2) is 7.51. The third kappa shape index (κ3) is 4.84. The molecule has 1 atom stereocenters. The van der Waals surface area contributed by atoms with E-state index >= 15 is 0 Å². The Morgan fingerprint density at radius 1 is 1.42 bits per heavy atom. The molecule has 0 bridgehead atoms. The average Bonchev–Trinajstić information content (AvgIpc) is 2.39. The molecule has 106 valence electrons. The highest BCUT2D eigenvalue weighted by molar-refractivity contribution is 6.31. The Morgan fingerprint density at radius 2 is 2.11 bits per heavy atom. The fourth-order valence-corrected chi connectivity index (χ4v) is 2.20. The number of nitrogens with zero attached hydrogens (tertiary/aromatic N) is 1. The number of hydrogen-bond acceptors (Lipinski definition) is 2. The Kier molecular flexibility index (Phi) is 6.32. The summed E-state index contributed by atoms with van der Waals surface area (Å²) < 4.78 is 0. The van der Waals surface area contributed by atoms with Crippen LogP contribution < -0.4 is 5.73 Å². The summed E-state index contributed by atoms with van der Waals surface area (Å²) in [6.07, 6.45) is 1.19. The maximum atomic E-state index is 7.41. The van der Waals surface area contributed by atoms with E-state index in [-0.39, 0.29) is 5.84 Å². The first-order valence-corrected chi connectivity index (χ1v) is 7.20. The van der Waals surface area contributed by atoms with Gasteiger partial charge in [-0.15, -0.1) is 0 Å². The SMILES string of the molecule is CCC(C)CN(CC)Cc1ccc(C(=N)N)cc1Cl. The Hall–Kier alpha value is -1.06. The standard InChI is InChI=1S/C15H24ClN3/c1-4-11(3)9-19(5-2)10-13-7-6-12(15(17)18)8-14(13)16/h6-8,11H,4-5,9-10H2,1-3H3,(H3,17,18). The Bertz CT molecular complexity index is 431. The number of nitrogens with one attached hydrogen (secondary N) is 1. The molecule has 19 heavy (non-hydrogen) atoms. The van der Waals surface area contributed by atoms with Gasteiger partial charge in [0, 0.05) is 23.7 Å². The molecule has 1 rings (SSSR count). The first-order chi connectivity index (χ1) is 8.97. The van der Waals surface area contributed by atoms with Crippen molar-refractivity contribution in [3.8, 4) is 0 Å². The highest BCUT2D eigenvalue weighted by Gasteiger charge is 2.11. The van der Waals surface area contributed by atoms with Gasteiger partial charge in [-0.3, -0.25) is 10.3 Å². The highest BCUT2D eigenvalue weighted by Crippen LogP contribution is 2.20. The van der Waals surface area contributed by atoms with Gasteiger partial charge in [0.1, 0.15) is 5.84 Å². The van der Waals surface area contributed by atoms with Crippen LogP contribution in [0.3, 0.4) is 0 Å². The first-order valence-electron chi connectivity index (χ1n) is 6.83. The van der Waals surface area contributed by atoms with Crippen LogP contribution in [0, 0.1) is 11.3 Å². The van der Waals surface area contributed by atoms with Crippen LogP contribution in [-0.4, -0.2) is 23.8 Å². The summed E-state index contributed by atoms with van der Waals surface area (Å²) >= 11 is 6.27. The van der Waals surface area contributed by atoms with Crippen LogP contribution in [0.4, 0.5) is 0 Å². The van der Waals surface area contributed by atoms with E-state index in [2.05, 4.69) is 25.7 Å². The fraction of sp³-hybridized carbons (Fsp3) is 0.533. The van der Waals surface area contributed by atoms with Gasteiger partial charge in [0.2, 0.25) is 0 Å². The van der Waals surface area contributed by atoms with Gasteiger partial charge in [-0.05, 0) is 24.1 Å². The number of nitrogens with two attached hydrogens (primary N) is 1. The van der Waals surface area contributed by atoms with E-state index in [0.717, 1.165) is 25.2 Å². The van der Waals surface area contributed by atoms with Gasteiger partial charge in [-0.25, -0.2) is 0 Å². The van der Waals surface area contributed by atoms with Crippen LogP contribution in [0.25, 0.3) is 0 Å². The minimum Gasteiger partial charge on any atom is -0.384 e. The molecule has 0 heterocycles. The zero-order valence-corrected chi connectivity index (χ0v) is 12.8. The molecule has 0 spiro atoms. The van der Waals surface area contributed by atoms with E-state index in [4.69, 9.17) is 22.7 Å². The molecule has 0 saturated carbocycles. The number of benzene rings is 1. The maximum Gasteiger partial charge on any atom is 0.122 e. The molecule has 0 aromatic heterocycles. The lowest BCUT2D eigenvalue weighted by Gasteiger charge is -2.24. The van der Waals surface area contributed by atoms with Crippen LogP contribution in [0.2, 0.25) is 5.02 Å². The monoisotopic (exact) mass is 281 g/mol. The summed E-state index contributed by atoms with van der Waals surface area (Å²) in [5.74, 6) is 0.746. The largest absolute Gasteiger partial charge is 0.384 e. The van der Waals surface area contributed by atoms with Crippen molar-refractivity contribution in [1.29, 1.82) is 5.41 Å². The predicted molar refractivity (Wildman–Crippen MR) is 82.9 cm³/mol. The van der Waals surface area contributed by atoms with Gasteiger partial charge in [-0.1, -0.05) is 50.9 Å². The van der Waals surface area contributed by atoms with Crippen LogP contribution >= 0.6 is 11.6 Å². The molecule has 0 radical (unpaired) electrons. The van der Waals surface area contributed by atoms with Crippen molar-refractivity contribution in [3.63, 3.8) is 0 Å². The minimum absolute atomic E-state index is 0.0559. The van der Waals surface area contributed by atoms with Crippen molar-refractivity contribution in [3.05, 3.63) is 34.3 Å². The second-order valence-electron chi connectivity index (χ2n) is 5.06. The number of halogens is 1. The van der Waals surface area contributed by atoms with E-state index in [1.807, 2.05) is 12.1 Å². The van der Waals surface area contributed by atoms with Crippen molar-refractivity contribution >= 4 is 17.4 Å². The summed E-state index contributed by atoms with van der Waals surface area (Å²) in [5, 5.41) is 8.10. The molecule has 0 amide bonds. The molecule has 4 heteroatoms. The smallest absolute Gasteiger partial charge is 0.122 e. The van der Waals surface area contributed by atoms with Gasteiger partial charge in [0.05, 0.1) is 0 Å². The number of rotatable bonds is 7. The van der Waals surface area contributed by atoms with E-state index in [1.165, 1.54) is 6.42 Å². The lowest BCUT2D eigenvalue weighted by molar-refractivity contribution is 0.238. The minimum atomic E-state index is 0.0559. The second-order valence-corrected chi connectivity index (χ2v) is 5.47. The van der Waals surface area contributed by atoms with Crippen molar-refractivity contribution in [2.75, 3.05) is 13.1 Å². The maximum absolute atomic E-state index is 7.41. The van der Waals surface area contributed by atoms with Crippen LogP contribution in [0.1, 0.15) is 38.3 Å². The normalized spacial score (nSPS) is 12.7. The molecule has 0 saturated heterocycles. The molecule has 1 aromatic carbocycles. The number of amidine groups is 1. The summed E-state index contributed by atoms with van der Waals surface area (Å²) in [6.45, 7) is 9.58. The van der Waals surface area contributed by atoms with Crippen molar-refractivity contribution in [2.24, 2.45) is 11.7 Å². The number of hydrogen-bond donors (Lipinski definition) is 2. The third-order valence-corrected chi connectivity index (χ3v) is 3.82. The molecule has 0 aliphatic carbocycles. The Balaban J connectivity index is 2.77. The van der Waals surface area contributed by atoms with E-state index < -0.39 is 0 Å². The third-order valence-electron chi connectivity index (χ3n) is 3.47. The van der Waals surface area contributed by atoms with Crippen molar-refractivity contribution < 1.29 is 0 Å². The van der Waals surface area contributed by atoms with Crippen LogP contribution in [-0.2, 0) is 6.54 Å². The van der Waals surface area contributed by atoms with Gasteiger partial charge < -0.3 is 5.73 Å². The van der Waals surface area contributed by atoms with E-state index in [9.17, 15) is 0 Å². The van der Waals surface area contributed by atoms with E-state index in [1.54, 1.807) is 6.07 Å². The zero-order chi connectivity index (χ0) is 14.4. The molecular formula is C15H24ClN3. The molecule has 1 aromatic rings. The fourth-order valence-electron chi connectivity index (χ4n) is 1.96. The molecule has 3 N–H and O–H groups in total. The molecule has 0 fully saturated rings. The molecule has 0 aliphatic rings. The molecule has 0 aliphatic heterocycles. The molecule has 1 unspecified atom stereocenters. The average molecular weight is 282 g/mol. The lowest BCUT2D eigenvalue weighted by Crippen LogP contribution is -2.28. The van der Waals surface area contributed by atoms with Gasteiger partial charge >= 0.3 is 0 Å². The summed E-state index contributed by atoms with van der Waals surface area (Å²) in [7, 11) is 0. The molecular weight excluding hydrogens is 258 g/mol. The van der Waals surface area contributed by atoms with Crippen molar-refractivity contribution in [1.82, 2.24) is 4.90 Å². The summed E-state index contributed by atoms with van der Waals surface area (Å²) in [4.78, 5) is 2.39. The van der Waals surface area contributed by atoms with Crippen LogP contribution in [0.5, 0.6) is 0 Å². The van der Waals surface area contributed by atoms with Crippen molar-refractivity contribution in [2.45, 2.75) is 33.7 Å². The highest BCUT2D eigenvalue weighted by atomic mass is 35.5. The van der Waals surface area contributed by atoms with Gasteiger partial charge in [0.15, 0.2) is 0 Å².